The number of carbonyl (C=O) groups is 2. The fraction of sp³-hybridized carbons (Fsp3) is 0.182. The maximum Gasteiger partial charge on any atom is 0.341 e. The van der Waals surface area contributed by atoms with Crippen LogP contribution < -0.4 is 0 Å². The molecule has 0 fully saturated rings. The van der Waals surface area contributed by atoms with Crippen LogP contribution in [0.15, 0.2) is 12.1 Å². The highest BCUT2D eigenvalue weighted by atomic mass is 19.1. The van der Waals surface area contributed by atoms with E-state index in [-0.39, 0.29) is 23.3 Å². The Bertz CT molecular complexity index is 477. The maximum absolute atomic E-state index is 13.4. The summed E-state index contributed by atoms with van der Waals surface area (Å²) in [5, 5.41) is 8.69. The van der Waals surface area contributed by atoms with Crippen molar-refractivity contribution < 1.29 is 18.7 Å². The summed E-state index contributed by atoms with van der Waals surface area (Å²) in [6.45, 7) is 1.69. The van der Waals surface area contributed by atoms with Gasteiger partial charge in [0.25, 0.3) is 0 Å². The summed E-state index contributed by atoms with van der Waals surface area (Å²) < 4.78 is 18.0. The van der Waals surface area contributed by atoms with Crippen molar-refractivity contribution in [1.82, 2.24) is 0 Å². The molecule has 4 nitrogen and oxygen atoms in total. The van der Waals surface area contributed by atoms with Gasteiger partial charge in [-0.3, -0.25) is 4.79 Å². The molecular weight excluding hydrogens is 213 g/mol. The average Bonchev–Trinajstić information content (AvgIpc) is 2.28. The SMILES string of the molecule is CCOC(=O)c1cc(C#N)c(C=O)cc1F. The van der Waals surface area contributed by atoms with E-state index in [1.165, 1.54) is 0 Å². The van der Waals surface area contributed by atoms with Gasteiger partial charge in [-0.1, -0.05) is 0 Å². The van der Waals surface area contributed by atoms with Crippen LogP contribution in [-0.2, 0) is 4.74 Å². The van der Waals surface area contributed by atoms with Gasteiger partial charge in [-0.15, -0.1) is 0 Å². The maximum atomic E-state index is 13.4. The van der Waals surface area contributed by atoms with Gasteiger partial charge in [0.05, 0.1) is 23.8 Å². The summed E-state index contributed by atoms with van der Waals surface area (Å²) in [6.07, 6.45) is 0.358. The van der Waals surface area contributed by atoms with Crippen LogP contribution in [-0.4, -0.2) is 18.9 Å². The highest BCUT2D eigenvalue weighted by Crippen LogP contribution is 2.15. The highest BCUT2D eigenvalue weighted by Gasteiger charge is 2.16. The first-order valence-electron chi connectivity index (χ1n) is 4.50. The van der Waals surface area contributed by atoms with Gasteiger partial charge in [-0.25, -0.2) is 9.18 Å². The summed E-state index contributed by atoms with van der Waals surface area (Å²) in [7, 11) is 0. The van der Waals surface area contributed by atoms with Crippen molar-refractivity contribution in [2.24, 2.45) is 0 Å². The number of ether oxygens (including phenoxy) is 1. The van der Waals surface area contributed by atoms with Gasteiger partial charge in [0.15, 0.2) is 6.29 Å². The first-order chi connectivity index (χ1) is 7.63. The standard InChI is InChI=1S/C11H8FNO3/c1-2-16-11(15)9-3-7(5-13)8(6-14)4-10(9)12/h3-4,6H,2H2,1H3. The van der Waals surface area contributed by atoms with E-state index >= 15 is 0 Å². The number of carbonyl (C=O) groups excluding carboxylic acids is 2. The largest absolute Gasteiger partial charge is 0.462 e. The molecule has 82 valence electrons. The van der Waals surface area contributed by atoms with Crippen molar-refractivity contribution in [3.8, 4) is 6.07 Å². The molecular formula is C11H8FNO3. The van der Waals surface area contributed by atoms with Crippen molar-refractivity contribution in [1.29, 1.82) is 5.26 Å². The molecule has 5 heteroatoms. The van der Waals surface area contributed by atoms with Crippen LogP contribution in [0, 0.1) is 17.1 Å². The van der Waals surface area contributed by atoms with Gasteiger partial charge >= 0.3 is 5.97 Å². The van der Waals surface area contributed by atoms with E-state index in [1.807, 2.05) is 0 Å². The van der Waals surface area contributed by atoms with E-state index in [0.29, 0.717) is 6.29 Å². The number of rotatable bonds is 3. The zero-order valence-electron chi connectivity index (χ0n) is 8.49. The minimum absolute atomic E-state index is 0.0561. The second-order valence-electron chi connectivity index (χ2n) is 2.87. The molecule has 1 aromatic rings. The molecule has 0 saturated heterocycles. The zero-order valence-corrected chi connectivity index (χ0v) is 8.49. The van der Waals surface area contributed by atoms with Crippen molar-refractivity contribution in [2.45, 2.75) is 6.92 Å². The quantitative estimate of drug-likeness (QED) is 0.575. The lowest BCUT2D eigenvalue weighted by Crippen LogP contribution is -2.08. The van der Waals surface area contributed by atoms with E-state index in [2.05, 4.69) is 4.74 Å². The van der Waals surface area contributed by atoms with Crippen molar-refractivity contribution in [3.63, 3.8) is 0 Å². The molecule has 0 spiro atoms. The molecule has 0 aliphatic carbocycles. The lowest BCUT2D eigenvalue weighted by molar-refractivity contribution is 0.0520. The Morgan fingerprint density at radius 3 is 2.81 bits per heavy atom. The van der Waals surface area contributed by atoms with E-state index in [9.17, 15) is 14.0 Å². The van der Waals surface area contributed by atoms with Gasteiger partial charge in [0, 0.05) is 5.56 Å². The number of esters is 1. The molecule has 0 atom stereocenters. The lowest BCUT2D eigenvalue weighted by atomic mass is 10.1. The van der Waals surface area contributed by atoms with E-state index in [1.54, 1.807) is 13.0 Å². The summed E-state index contributed by atoms with van der Waals surface area (Å²) in [5.74, 6) is -1.73. The lowest BCUT2D eigenvalue weighted by Gasteiger charge is -2.04. The molecule has 16 heavy (non-hydrogen) atoms. The second kappa shape index (κ2) is 5.03. The number of halogens is 1. The minimum Gasteiger partial charge on any atom is -0.462 e. The van der Waals surface area contributed by atoms with Crippen molar-refractivity contribution in [2.75, 3.05) is 6.61 Å². The molecule has 0 radical (unpaired) electrons. The van der Waals surface area contributed by atoms with Gasteiger partial charge < -0.3 is 4.74 Å². The van der Waals surface area contributed by atoms with Crippen LogP contribution in [0.25, 0.3) is 0 Å². The number of hydrogen-bond acceptors (Lipinski definition) is 4. The van der Waals surface area contributed by atoms with Gasteiger partial charge in [-0.05, 0) is 19.1 Å². The number of benzene rings is 1. The number of hydrogen-bond donors (Lipinski definition) is 0. The first-order valence-corrected chi connectivity index (χ1v) is 4.50. The Morgan fingerprint density at radius 2 is 2.31 bits per heavy atom. The Hall–Kier alpha value is -2.22. The van der Waals surface area contributed by atoms with E-state index < -0.39 is 11.8 Å². The normalized spacial score (nSPS) is 9.31. The molecule has 0 N–H and O–H groups in total. The molecule has 1 aromatic carbocycles. The molecule has 0 amide bonds. The Kier molecular flexibility index (Phi) is 3.72. The van der Waals surface area contributed by atoms with Crippen LogP contribution in [0.4, 0.5) is 4.39 Å². The Morgan fingerprint density at radius 1 is 1.62 bits per heavy atom. The van der Waals surface area contributed by atoms with Gasteiger partial charge in [-0.2, -0.15) is 5.26 Å². The van der Waals surface area contributed by atoms with Crippen LogP contribution in [0.5, 0.6) is 0 Å². The van der Waals surface area contributed by atoms with Gasteiger partial charge in [0.2, 0.25) is 0 Å². The van der Waals surface area contributed by atoms with Crippen LogP contribution in [0.3, 0.4) is 0 Å². The average molecular weight is 221 g/mol. The van der Waals surface area contributed by atoms with Crippen LogP contribution >= 0.6 is 0 Å². The van der Waals surface area contributed by atoms with Gasteiger partial charge in [0.1, 0.15) is 5.82 Å². The summed E-state index contributed by atoms with van der Waals surface area (Å²) in [6, 6.07) is 3.56. The third kappa shape index (κ3) is 2.23. The molecule has 1 rings (SSSR count). The third-order valence-electron chi connectivity index (χ3n) is 1.88. The first kappa shape index (κ1) is 11.9. The molecule has 0 aliphatic rings. The Balaban J connectivity index is 3.27. The molecule has 0 aliphatic heterocycles. The molecule has 0 saturated carbocycles. The molecule has 0 unspecified atom stereocenters. The topological polar surface area (TPSA) is 67.2 Å². The monoisotopic (exact) mass is 221 g/mol. The minimum atomic E-state index is -0.875. The van der Waals surface area contributed by atoms with Crippen molar-refractivity contribution in [3.05, 3.63) is 34.6 Å². The predicted octanol–water partition coefficient (Wildman–Crippen LogP) is 1.69. The fourth-order valence-corrected chi connectivity index (χ4v) is 1.15. The van der Waals surface area contributed by atoms with Crippen LogP contribution in [0.1, 0.15) is 33.2 Å². The number of nitrogens with zero attached hydrogens (tertiary/aromatic N) is 1. The predicted molar refractivity (Wildman–Crippen MR) is 52.5 cm³/mol. The summed E-state index contributed by atoms with van der Waals surface area (Å²) in [4.78, 5) is 21.8. The molecule has 0 heterocycles. The van der Waals surface area contributed by atoms with E-state index in [4.69, 9.17) is 5.26 Å². The highest BCUT2D eigenvalue weighted by molar-refractivity contribution is 5.92. The number of aldehydes is 1. The van der Waals surface area contributed by atoms with Crippen LogP contribution in [0.2, 0.25) is 0 Å². The van der Waals surface area contributed by atoms with E-state index in [0.717, 1.165) is 12.1 Å². The number of nitriles is 1. The molecule has 0 aromatic heterocycles. The summed E-state index contributed by atoms with van der Waals surface area (Å²) >= 11 is 0. The Labute approximate surface area is 91.3 Å². The summed E-state index contributed by atoms with van der Waals surface area (Å²) in [5.41, 5.74) is -0.489. The zero-order chi connectivity index (χ0) is 12.1. The fourth-order valence-electron chi connectivity index (χ4n) is 1.15. The molecule has 0 bridgehead atoms. The third-order valence-corrected chi connectivity index (χ3v) is 1.88. The van der Waals surface area contributed by atoms with Crippen molar-refractivity contribution >= 4 is 12.3 Å². The smallest absolute Gasteiger partial charge is 0.341 e. The second-order valence-corrected chi connectivity index (χ2v) is 2.87.